The summed E-state index contributed by atoms with van der Waals surface area (Å²) in [7, 11) is 0. The van der Waals surface area contributed by atoms with Crippen LogP contribution in [0.5, 0.6) is 5.75 Å². The Morgan fingerprint density at radius 2 is 1.79 bits per heavy atom. The molecule has 0 aromatic heterocycles. The summed E-state index contributed by atoms with van der Waals surface area (Å²) in [6.45, 7) is 2.29. The summed E-state index contributed by atoms with van der Waals surface area (Å²) in [6, 6.07) is 25.3. The zero-order chi connectivity index (χ0) is 19.9. The molecule has 3 rings (SSSR count). The Labute approximate surface area is 173 Å². The van der Waals surface area contributed by atoms with Crippen molar-refractivity contribution in [3.63, 3.8) is 0 Å². The minimum absolute atomic E-state index is 0.276. The van der Waals surface area contributed by atoms with Gasteiger partial charge >= 0.3 is 0 Å². The molecule has 0 spiro atoms. The summed E-state index contributed by atoms with van der Waals surface area (Å²) in [4.78, 5) is 0. The van der Waals surface area contributed by atoms with Crippen molar-refractivity contribution in [2.24, 2.45) is 0 Å². The topological polar surface area (TPSA) is 56.8 Å². The normalized spacial score (nSPS) is 10.8. The largest absolute Gasteiger partial charge is 0.488 e. The van der Waals surface area contributed by atoms with Gasteiger partial charge in [-0.05, 0) is 42.8 Å². The van der Waals surface area contributed by atoms with Crippen LogP contribution in [0, 0.1) is 29.6 Å². The van der Waals surface area contributed by atoms with Gasteiger partial charge in [0.2, 0.25) is 0 Å². The van der Waals surface area contributed by atoms with Gasteiger partial charge in [-0.3, -0.25) is 0 Å². The monoisotopic (exact) mass is 428 g/mol. The molecule has 3 aromatic rings. The van der Waals surface area contributed by atoms with Crippen molar-refractivity contribution < 1.29 is 4.74 Å². The highest BCUT2D eigenvalue weighted by molar-refractivity contribution is 9.10. The van der Waals surface area contributed by atoms with Crippen LogP contribution < -0.4 is 4.74 Å². The molecular formula is C24H17BrN2O. The molecule has 0 aliphatic heterocycles. The highest BCUT2D eigenvalue weighted by Gasteiger charge is 2.08. The zero-order valence-electron chi connectivity index (χ0n) is 15.3. The number of ether oxygens (including phenoxy) is 1. The summed E-state index contributed by atoms with van der Waals surface area (Å²) in [5.74, 6) is 0.649. The van der Waals surface area contributed by atoms with E-state index < -0.39 is 0 Å². The summed E-state index contributed by atoms with van der Waals surface area (Å²) < 4.78 is 6.89. The molecule has 0 fully saturated rings. The van der Waals surface area contributed by atoms with Gasteiger partial charge in [-0.1, -0.05) is 64.0 Å². The van der Waals surface area contributed by atoms with E-state index in [0.29, 0.717) is 16.9 Å². The number of benzene rings is 3. The van der Waals surface area contributed by atoms with Crippen LogP contribution in [0.1, 0.15) is 27.8 Å². The number of halogens is 1. The van der Waals surface area contributed by atoms with E-state index in [9.17, 15) is 10.5 Å². The van der Waals surface area contributed by atoms with Crippen LogP contribution in [0.25, 0.3) is 11.6 Å². The molecule has 0 saturated carbocycles. The summed E-state index contributed by atoms with van der Waals surface area (Å²) in [6.07, 6.45) is 1.82. The average Bonchev–Trinajstić information content (AvgIpc) is 2.72. The second-order valence-corrected chi connectivity index (χ2v) is 7.19. The zero-order valence-corrected chi connectivity index (χ0v) is 16.9. The molecule has 0 bridgehead atoms. The first kappa shape index (κ1) is 19.4. The highest BCUT2D eigenvalue weighted by atomic mass is 79.9. The molecule has 28 heavy (non-hydrogen) atoms. The number of nitriles is 2. The van der Waals surface area contributed by atoms with Gasteiger partial charge in [-0.2, -0.15) is 10.5 Å². The Morgan fingerprint density at radius 3 is 2.50 bits per heavy atom. The second-order valence-electron chi connectivity index (χ2n) is 6.28. The summed E-state index contributed by atoms with van der Waals surface area (Å²) in [5.41, 5.74) is 4.76. The van der Waals surface area contributed by atoms with E-state index >= 15 is 0 Å². The standard InChI is InChI=1S/C24H17BrN2O/c1-17-6-8-18(9-7-17)22(15-27)12-21-13-23(25)10-11-24(21)28-16-20-5-3-2-4-19(20)14-26/h2-13H,16H2,1H3/b22-12-. The lowest BCUT2D eigenvalue weighted by molar-refractivity contribution is 0.305. The Kier molecular flexibility index (Phi) is 6.27. The van der Waals surface area contributed by atoms with Gasteiger partial charge in [0.1, 0.15) is 12.4 Å². The molecule has 0 N–H and O–H groups in total. The molecule has 0 heterocycles. The third-order valence-electron chi connectivity index (χ3n) is 4.28. The van der Waals surface area contributed by atoms with Crippen LogP contribution in [-0.2, 0) is 6.61 Å². The number of nitrogens with zero attached hydrogens (tertiary/aromatic N) is 2. The summed E-state index contributed by atoms with van der Waals surface area (Å²) in [5, 5.41) is 18.9. The van der Waals surface area contributed by atoms with Crippen molar-refractivity contribution >= 4 is 27.6 Å². The van der Waals surface area contributed by atoms with E-state index in [-0.39, 0.29) is 6.61 Å². The molecule has 0 radical (unpaired) electrons. The minimum atomic E-state index is 0.276. The van der Waals surface area contributed by atoms with Crippen LogP contribution in [-0.4, -0.2) is 0 Å². The lowest BCUT2D eigenvalue weighted by Crippen LogP contribution is -1.99. The van der Waals surface area contributed by atoms with Crippen molar-refractivity contribution in [2.75, 3.05) is 0 Å². The molecule has 0 aliphatic rings. The Hall–Kier alpha value is -3.34. The van der Waals surface area contributed by atoms with E-state index in [4.69, 9.17) is 4.74 Å². The van der Waals surface area contributed by atoms with Crippen molar-refractivity contribution in [1.82, 2.24) is 0 Å². The van der Waals surface area contributed by atoms with Crippen LogP contribution >= 0.6 is 15.9 Å². The van der Waals surface area contributed by atoms with E-state index in [1.54, 1.807) is 6.07 Å². The fraction of sp³-hybridized carbons (Fsp3) is 0.0833. The van der Waals surface area contributed by atoms with Gasteiger partial charge in [0.15, 0.2) is 0 Å². The van der Waals surface area contributed by atoms with E-state index in [1.165, 1.54) is 0 Å². The van der Waals surface area contributed by atoms with Gasteiger partial charge in [0, 0.05) is 15.6 Å². The van der Waals surface area contributed by atoms with Gasteiger partial charge in [0.05, 0.1) is 23.3 Å². The van der Waals surface area contributed by atoms with Crippen molar-refractivity contribution in [3.05, 3.63) is 99.0 Å². The molecule has 0 amide bonds. The van der Waals surface area contributed by atoms with Gasteiger partial charge in [-0.15, -0.1) is 0 Å². The SMILES string of the molecule is Cc1ccc(/C(C#N)=C\c2cc(Br)ccc2OCc2ccccc2C#N)cc1. The summed E-state index contributed by atoms with van der Waals surface area (Å²) >= 11 is 3.48. The van der Waals surface area contributed by atoms with E-state index in [0.717, 1.165) is 26.7 Å². The first-order valence-corrected chi connectivity index (χ1v) is 9.49. The highest BCUT2D eigenvalue weighted by Crippen LogP contribution is 2.29. The quantitative estimate of drug-likeness (QED) is 0.355. The van der Waals surface area contributed by atoms with Crippen molar-refractivity contribution in [2.45, 2.75) is 13.5 Å². The number of rotatable bonds is 5. The van der Waals surface area contributed by atoms with Crippen LogP contribution in [0.2, 0.25) is 0 Å². The second kappa shape index (κ2) is 9.04. The molecular weight excluding hydrogens is 412 g/mol. The van der Waals surface area contributed by atoms with Crippen LogP contribution in [0.15, 0.2) is 71.2 Å². The Morgan fingerprint density at radius 1 is 1.04 bits per heavy atom. The van der Waals surface area contributed by atoms with Crippen molar-refractivity contribution in [3.8, 4) is 17.9 Å². The number of aryl methyl sites for hydroxylation is 1. The van der Waals surface area contributed by atoms with Gasteiger partial charge in [0.25, 0.3) is 0 Å². The van der Waals surface area contributed by atoms with Gasteiger partial charge < -0.3 is 4.74 Å². The first-order valence-electron chi connectivity index (χ1n) is 8.70. The fourth-order valence-electron chi connectivity index (χ4n) is 2.74. The van der Waals surface area contributed by atoms with Gasteiger partial charge in [-0.25, -0.2) is 0 Å². The molecule has 3 nitrogen and oxygen atoms in total. The maximum atomic E-state index is 9.64. The van der Waals surface area contributed by atoms with Crippen LogP contribution in [0.3, 0.4) is 0 Å². The lowest BCUT2D eigenvalue weighted by atomic mass is 10.0. The number of allylic oxidation sites excluding steroid dienone is 1. The van der Waals surface area contributed by atoms with Crippen LogP contribution in [0.4, 0.5) is 0 Å². The molecule has 136 valence electrons. The number of hydrogen-bond donors (Lipinski definition) is 0. The Bertz CT molecular complexity index is 1100. The smallest absolute Gasteiger partial charge is 0.127 e. The average molecular weight is 429 g/mol. The Balaban J connectivity index is 1.93. The third-order valence-corrected chi connectivity index (χ3v) is 4.77. The fourth-order valence-corrected chi connectivity index (χ4v) is 3.12. The molecule has 0 atom stereocenters. The molecule has 3 aromatic carbocycles. The molecule has 0 unspecified atom stereocenters. The maximum absolute atomic E-state index is 9.64. The predicted molar refractivity (Wildman–Crippen MR) is 114 cm³/mol. The molecule has 4 heteroatoms. The molecule has 0 aliphatic carbocycles. The minimum Gasteiger partial charge on any atom is -0.488 e. The maximum Gasteiger partial charge on any atom is 0.127 e. The van der Waals surface area contributed by atoms with E-state index in [2.05, 4.69) is 28.1 Å². The first-order chi connectivity index (χ1) is 13.6. The lowest BCUT2D eigenvalue weighted by Gasteiger charge is -2.11. The van der Waals surface area contributed by atoms with Crippen molar-refractivity contribution in [1.29, 1.82) is 10.5 Å². The predicted octanol–water partition coefficient (Wildman–Crippen LogP) is 6.27. The van der Waals surface area contributed by atoms with E-state index in [1.807, 2.05) is 73.7 Å². The molecule has 0 saturated heterocycles. The third kappa shape index (κ3) is 4.68. The number of hydrogen-bond acceptors (Lipinski definition) is 3.